The zero-order valence-electron chi connectivity index (χ0n) is 17.4. The second-order valence-corrected chi connectivity index (χ2v) is 7.09. The fraction of sp³-hybridized carbons (Fsp3) is 0.273. The van der Waals surface area contributed by atoms with Gasteiger partial charge in [0, 0.05) is 36.7 Å². The third-order valence-corrected chi connectivity index (χ3v) is 4.85. The maximum absolute atomic E-state index is 12.9. The van der Waals surface area contributed by atoms with Crippen molar-refractivity contribution in [3.05, 3.63) is 78.1 Å². The Morgan fingerprint density at radius 2 is 1.48 bits per heavy atom. The van der Waals surface area contributed by atoms with E-state index in [1.807, 2.05) is 24.3 Å². The first-order valence-corrected chi connectivity index (χ1v) is 10.2. The Bertz CT molecular complexity index is 1080. The van der Waals surface area contributed by atoms with E-state index in [9.17, 15) is 13.2 Å². The molecule has 0 spiro atoms. The summed E-state index contributed by atoms with van der Waals surface area (Å²) < 4.78 is 44.1. The van der Waals surface area contributed by atoms with Crippen molar-refractivity contribution in [2.24, 2.45) is 20.5 Å². The molecule has 1 unspecified atom stereocenters. The summed E-state index contributed by atoms with van der Waals surface area (Å²) in [6, 6.07) is 13.7. The molecule has 1 atom stereocenters. The van der Waals surface area contributed by atoms with Gasteiger partial charge in [0.1, 0.15) is 0 Å². The van der Waals surface area contributed by atoms with E-state index in [0.717, 1.165) is 30.9 Å². The average molecular weight is 455 g/mol. The summed E-state index contributed by atoms with van der Waals surface area (Å²) in [5, 5.41) is 16.5. The number of azo groups is 2. The number of halogens is 3. The lowest BCUT2D eigenvalue weighted by Gasteiger charge is -2.28. The third-order valence-electron chi connectivity index (χ3n) is 4.85. The minimum atomic E-state index is -4.43. The van der Waals surface area contributed by atoms with Crippen LogP contribution in [0.2, 0.25) is 0 Å². The van der Waals surface area contributed by atoms with Gasteiger partial charge < -0.3 is 9.64 Å². The number of nitrogens with zero attached hydrogens (tertiary/aromatic N) is 7. The predicted molar refractivity (Wildman–Crippen MR) is 115 cm³/mol. The lowest BCUT2D eigenvalue weighted by atomic mass is 10.1. The molecule has 0 aliphatic carbocycles. The fourth-order valence-electron chi connectivity index (χ4n) is 3.12. The lowest BCUT2D eigenvalue weighted by molar-refractivity contribution is -0.137. The molecule has 1 aromatic heterocycles. The number of rotatable bonds is 6. The number of hydrogen-bond acceptors (Lipinski definition) is 8. The Balaban J connectivity index is 1.55. The quantitative estimate of drug-likeness (QED) is 0.433. The number of benzene rings is 2. The Labute approximate surface area is 187 Å². The maximum atomic E-state index is 12.9. The van der Waals surface area contributed by atoms with Gasteiger partial charge in [-0.2, -0.15) is 28.5 Å². The van der Waals surface area contributed by atoms with Crippen LogP contribution in [-0.2, 0) is 10.9 Å². The topological polar surface area (TPSA) is 87.7 Å². The molecule has 1 saturated heterocycles. The number of ether oxygens (including phenoxy) is 1. The fourth-order valence-corrected chi connectivity index (χ4v) is 3.12. The van der Waals surface area contributed by atoms with Crippen molar-refractivity contribution in [2.45, 2.75) is 12.3 Å². The van der Waals surface area contributed by atoms with Gasteiger partial charge in [-0.05, 0) is 42.5 Å². The summed E-state index contributed by atoms with van der Waals surface area (Å²) >= 11 is 0. The van der Waals surface area contributed by atoms with Crippen molar-refractivity contribution in [1.29, 1.82) is 0 Å². The first kappa shape index (κ1) is 22.5. The van der Waals surface area contributed by atoms with E-state index in [2.05, 4.69) is 35.3 Å². The van der Waals surface area contributed by atoms with Gasteiger partial charge in [-0.25, -0.2) is 9.97 Å². The molecule has 33 heavy (non-hydrogen) atoms. The summed E-state index contributed by atoms with van der Waals surface area (Å²) in [5.74, 6) is 0.111. The average Bonchev–Trinajstić information content (AvgIpc) is 2.85. The van der Waals surface area contributed by atoms with Crippen LogP contribution in [0.5, 0.6) is 0 Å². The number of hydrogen-bond donors (Lipinski definition) is 0. The SMILES string of the molecule is FC(F)(F)c1ccc(C(N=Nc2ccc(N3CCOCC3)cc2)N=Nc2ncccn2)cc1. The van der Waals surface area contributed by atoms with E-state index in [1.54, 1.807) is 6.07 Å². The highest BCUT2D eigenvalue weighted by Crippen LogP contribution is 2.31. The molecule has 2 heterocycles. The predicted octanol–water partition coefficient (Wildman–Crippen LogP) is 5.90. The van der Waals surface area contributed by atoms with Crippen LogP contribution < -0.4 is 4.90 Å². The molecular formula is C22H20F3N7O. The molecule has 8 nitrogen and oxygen atoms in total. The van der Waals surface area contributed by atoms with E-state index in [0.29, 0.717) is 24.5 Å². The van der Waals surface area contributed by atoms with Crippen LogP contribution in [0.4, 0.5) is 30.5 Å². The molecule has 2 aromatic carbocycles. The summed E-state index contributed by atoms with van der Waals surface area (Å²) in [7, 11) is 0. The first-order chi connectivity index (χ1) is 16.0. The summed E-state index contributed by atoms with van der Waals surface area (Å²) in [5.41, 5.74) is 1.27. The molecule has 0 saturated carbocycles. The molecule has 0 amide bonds. The number of alkyl halides is 3. The van der Waals surface area contributed by atoms with Crippen molar-refractivity contribution >= 4 is 17.3 Å². The monoisotopic (exact) mass is 455 g/mol. The lowest BCUT2D eigenvalue weighted by Crippen LogP contribution is -2.36. The molecule has 3 aromatic rings. The van der Waals surface area contributed by atoms with Crippen molar-refractivity contribution in [3.63, 3.8) is 0 Å². The van der Waals surface area contributed by atoms with Crippen LogP contribution in [0.15, 0.2) is 87.4 Å². The second-order valence-electron chi connectivity index (χ2n) is 7.09. The van der Waals surface area contributed by atoms with Gasteiger partial charge in [-0.3, -0.25) is 0 Å². The van der Waals surface area contributed by atoms with Gasteiger partial charge in [0.15, 0.2) is 0 Å². The zero-order valence-corrected chi connectivity index (χ0v) is 17.4. The van der Waals surface area contributed by atoms with E-state index in [1.165, 1.54) is 24.5 Å². The van der Waals surface area contributed by atoms with Crippen molar-refractivity contribution in [3.8, 4) is 0 Å². The molecule has 170 valence electrons. The van der Waals surface area contributed by atoms with Crippen molar-refractivity contribution in [2.75, 3.05) is 31.2 Å². The van der Waals surface area contributed by atoms with Crippen LogP contribution in [0.25, 0.3) is 0 Å². The van der Waals surface area contributed by atoms with E-state index in [-0.39, 0.29) is 5.95 Å². The minimum Gasteiger partial charge on any atom is -0.378 e. The second kappa shape index (κ2) is 10.3. The normalized spacial score (nSPS) is 15.9. The van der Waals surface area contributed by atoms with Crippen LogP contribution in [0, 0.1) is 0 Å². The van der Waals surface area contributed by atoms with E-state index in [4.69, 9.17) is 4.74 Å². The van der Waals surface area contributed by atoms with Crippen LogP contribution in [-0.4, -0.2) is 36.3 Å². The molecule has 1 fully saturated rings. The molecule has 0 N–H and O–H groups in total. The van der Waals surface area contributed by atoms with Crippen molar-refractivity contribution < 1.29 is 17.9 Å². The molecule has 1 aliphatic heterocycles. The summed E-state index contributed by atoms with van der Waals surface area (Å²) in [6.45, 7) is 3.01. The molecule has 4 rings (SSSR count). The third kappa shape index (κ3) is 6.16. The molecular weight excluding hydrogens is 435 g/mol. The van der Waals surface area contributed by atoms with Crippen molar-refractivity contribution in [1.82, 2.24) is 9.97 Å². The molecule has 0 bridgehead atoms. The summed E-state index contributed by atoms with van der Waals surface area (Å²) in [6.07, 6.45) is -2.38. The van der Waals surface area contributed by atoms with E-state index < -0.39 is 17.9 Å². The van der Waals surface area contributed by atoms with Gasteiger partial charge >= 0.3 is 6.18 Å². The molecule has 0 radical (unpaired) electrons. The number of anilines is 1. The Morgan fingerprint density at radius 1 is 0.848 bits per heavy atom. The zero-order chi connectivity index (χ0) is 23.1. The summed E-state index contributed by atoms with van der Waals surface area (Å²) in [4.78, 5) is 10.1. The molecule has 1 aliphatic rings. The van der Waals surface area contributed by atoms with Gasteiger partial charge in [0.05, 0.1) is 24.5 Å². The molecule has 11 heteroatoms. The van der Waals surface area contributed by atoms with Crippen LogP contribution >= 0.6 is 0 Å². The highest BCUT2D eigenvalue weighted by molar-refractivity contribution is 5.52. The number of aromatic nitrogens is 2. The van der Waals surface area contributed by atoms with E-state index >= 15 is 0 Å². The van der Waals surface area contributed by atoms with Gasteiger partial charge in [-0.1, -0.05) is 12.1 Å². The highest BCUT2D eigenvalue weighted by Gasteiger charge is 2.30. The smallest absolute Gasteiger partial charge is 0.378 e. The first-order valence-electron chi connectivity index (χ1n) is 10.2. The minimum absolute atomic E-state index is 0.111. The van der Waals surface area contributed by atoms with Gasteiger partial charge in [0.25, 0.3) is 5.95 Å². The number of morpholine rings is 1. The Morgan fingerprint density at radius 3 is 2.12 bits per heavy atom. The largest absolute Gasteiger partial charge is 0.416 e. The van der Waals surface area contributed by atoms with Crippen LogP contribution in [0.1, 0.15) is 17.3 Å². The van der Waals surface area contributed by atoms with Gasteiger partial charge in [0.2, 0.25) is 6.17 Å². The van der Waals surface area contributed by atoms with Gasteiger partial charge in [-0.15, -0.1) is 5.11 Å². The highest BCUT2D eigenvalue weighted by atomic mass is 19.4. The Hall–Kier alpha value is -3.73. The standard InChI is InChI=1S/C22H20F3N7O/c23-22(24,25)17-4-2-16(3-5-17)20(30-31-21-26-10-1-11-27-21)29-28-18-6-8-19(9-7-18)32-12-14-33-15-13-32/h1-11,20H,12-15H2. The maximum Gasteiger partial charge on any atom is 0.416 e. The van der Waals surface area contributed by atoms with Crippen LogP contribution in [0.3, 0.4) is 0 Å². The Kier molecular flexibility index (Phi) is 6.98.